The Bertz CT molecular complexity index is 1240. The maximum Gasteiger partial charge on any atom is 0.258 e. The van der Waals surface area contributed by atoms with Crippen LogP contribution < -0.4 is 11.1 Å². The highest BCUT2D eigenvalue weighted by Gasteiger charge is 2.17. The van der Waals surface area contributed by atoms with Gasteiger partial charge < -0.3 is 5.73 Å². The first-order valence-electron chi connectivity index (χ1n) is 9.01. The van der Waals surface area contributed by atoms with E-state index >= 15 is 0 Å². The van der Waals surface area contributed by atoms with E-state index in [2.05, 4.69) is 20.3 Å². The van der Waals surface area contributed by atoms with Gasteiger partial charge in [0.1, 0.15) is 0 Å². The summed E-state index contributed by atoms with van der Waals surface area (Å²) in [6.45, 7) is 1.83. The predicted molar refractivity (Wildman–Crippen MR) is 120 cm³/mol. The molecule has 7 nitrogen and oxygen atoms in total. The Morgan fingerprint density at radius 3 is 2.67 bits per heavy atom. The number of thioether (sulfide) groups is 1. The van der Waals surface area contributed by atoms with Crippen LogP contribution in [0.3, 0.4) is 0 Å². The maximum atomic E-state index is 13.1. The van der Waals surface area contributed by atoms with Crippen molar-refractivity contribution in [2.45, 2.75) is 11.1 Å². The number of nitrogens with two attached hydrogens (primary N) is 1. The van der Waals surface area contributed by atoms with E-state index in [1.165, 1.54) is 23.1 Å². The van der Waals surface area contributed by atoms with Crippen LogP contribution in [0.15, 0.2) is 59.1 Å². The van der Waals surface area contributed by atoms with Gasteiger partial charge in [-0.25, -0.2) is 9.97 Å². The highest BCUT2D eigenvalue weighted by Crippen LogP contribution is 2.32. The summed E-state index contributed by atoms with van der Waals surface area (Å²) in [4.78, 5) is 37.3. The molecule has 0 aliphatic carbocycles. The van der Waals surface area contributed by atoms with Gasteiger partial charge in [0.25, 0.3) is 5.91 Å². The van der Waals surface area contributed by atoms with Crippen LogP contribution >= 0.6 is 23.1 Å². The first-order chi connectivity index (χ1) is 14.5. The van der Waals surface area contributed by atoms with Gasteiger partial charge in [0.2, 0.25) is 5.91 Å². The fraction of sp³-hybridized carbons (Fsp3) is 0.0952. The zero-order valence-corrected chi connectivity index (χ0v) is 17.6. The number of benzene rings is 1. The number of aromatic nitrogens is 3. The van der Waals surface area contributed by atoms with Crippen LogP contribution in [0.2, 0.25) is 0 Å². The summed E-state index contributed by atoms with van der Waals surface area (Å²) in [6, 6.07) is 13.0. The molecule has 1 aromatic carbocycles. The molecular formula is C21H17N5O2S2. The van der Waals surface area contributed by atoms with Crippen LogP contribution in [0, 0.1) is 6.92 Å². The molecule has 3 N–H and O–H groups in total. The molecule has 9 heteroatoms. The lowest BCUT2D eigenvalue weighted by Crippen LogP contribution is -2.13. The average Bonchev–Trinajstić information content (AvgIpc) is 3.10. The number of anilines is 1. The van der Waals surface area contributed by atoms with E-state index in [4.69, 9.17) is 5.73 Å². The molecular weight excluding hydrogens is 418 g/mol. The second kappa shape index (κ2) is 8.60. The largest absolute Gasteiger partial charge is 0.369 e. The molecule has 0 aliphatic rings. The zero-order valence-electron chi connectivity index (χ0n) is 16.0. The van der Waals surface area contributed by atoms with Crippen LogP contribution in [-0.4, -0.2) is 32.5 Å². The van der Waals surface area contributed by atoms with Crippen molar-refractivity contribution in [2.75, 3.05) is 11.1 Å². The van der Waals surface area contributed by atoms with Gasteiger partial charge >= 0.3 is 0 Å². The molecule has 150 valence electrons. The summed E-state index contributed by atoms with van der Waals surface area (Å²) in [5.74, 6) is -0.504. The molecule has 0 unspecified atom stereocenters. The second-order valence-electron chi connectivity index (χ2n) is 6.41. The molecule has 3 heterocycles. The molecule has 2 amide bonds. The molecule has 0 bridgehead atoms. The Kier molecular flexibility index (Phi) is 5.73. The van der Waals surface area contributed by atoms with E-state index in [9.17, 15) is 9.59 Å². The topological polar surface area (TPSA) is 111 Å². The van der Waals surface area contributed by atoms with Crippen molar-refractivity contribution in [3.8, 4) is 11.3 Å². The zero-order chi connectivity index (χ0) is 21.1. The third kappa shape index (κ3) is 4.32. The average molecular weight is 436 g/mol. The lowest BCUT2D eigenvalue weighted by Gasteiger charge is -2.09. The highest BCUT2D eigenvalue weighted by molar-refractivity contribution is 8.01. The number of thiazole rings is 1. The summed E-state index contributed by atoms with van der Waals surface area (Å²) in [6.07, 6.45) is 3.38. The van der Waals surface area contributed by atoms with Crippen LogP contribution in [0.4, 0.5) is 5.13 Å². The van der Waals surface area contributed by atoms with Crippen LogP contribution in [0.25, 0.3) is 22.2 Å². The van der Waals surface area contributed by atoms with Gasteiger partial charge in [0.15, 0.2) is 5.13 Å². The van der Waals surface area contributed by atoms with E-state index < -0.39 is 5.91 Å². The lowest BCUT2D eigenvalue weighted by atomic mass is 10.0. The number of para-hydroxylation sites is 1. The quantitative estimate of drug-likeness (QED) is 0.445. The summed E-state index contributed by atoms with van der Waals surface area (Å²) in [5, 5.41) is 4.10. The first kappa shape index (κ1) is 20.0. The molecule has 0 saturated heterocycles. The van der Waals surface area contributed by atoms with Crippen LogP contribution in [0.1, 0.15) is 16.1 Å². The Morgan fingerprint density at radius 2 is 1.90 bits per heavy atom. The number of carbonyl (C=O) groups excluding carboxylic acids is 2. The lowest BCUT2D eigenvalue weighted by molar-refractivity contribution is -0.115. The van der Waals surface area contributed by atoms with E-state index in [0.29, 0.717) is 16.4 Å². The Morgan fingerprint density at radius 1 is 1.13 bits per heavy atom. The Labute approximate surface area is 180 Å². The fourth-order valence-corrected chi connectivity index (χ4v) is 4.78. The van der Waals surface area contributed by atoms with Gasteiger partial charge in [-0.1, -0.05) is 29.5 Å². The number of pyridine rings is 2. The van der Waals surface area contributed by atoms with Gasteiger partial charge in [-0.15, -0.1) is 11.8 Å². The maximum absolute atomic E-state index is 13.1. The first-order valence-corrected chi connectivity index (χ1v) is 10.8. The second-order valence-corrected chi connectivity index (χ2v) is 8.65. The standard InChI is InChI=1S/C21H17N5O2S2/c1-12-20(29-11-18(22)27)30-21(24-12)26-19(28)15-10-17(13-6-8-23-9-7-13)25-16-5-3-2-4-14(15)16/h2-10H,11H2,1H3,(H2,22,27)(H,24,26,28). The summed E-state index contributed by atoms with van der Waals surface area (Å²) < 4.78 is 0.848. The monoisotopic (exact) mass is 435 g/mol. The minimum atomic E-state index is -0.398. The number of hydrogen-bond donors (Lipinski definition) is 2. The van der Waals surface area contributed by atoms with E-state index in [1.807, 2.05) is 43.3 Å². The number of amides is 2. The number of nitrogens with one attached hydrogen (secondary N) is 1. The van der Waals surface area contributed by atoms with Crippen molar-refractivity contribution >= 4 is 50.9 Å². The van der Waals surface area contributed by atoms with E-state index in [-0.39, 0.29) is 11.7 Å². The molecule has 3 aromatic heterocycles. The van der Waals surface area contributed by atoms with E-state index in [1.54, 1.807) is 18.5 Å². The molecule has 0 atom stereocenters. The van der Waals surface area contributed by atoms with Crippen molar-refractivity contribution in [2.24, 2.45) is 5.73 Å². The molecule has 0 saturated carbocycles. The highest BCUT2D eigenvalue weighted by atomic mass is 32.2. The summed E-state index contributed by atoms with van der Waals surface area (Å²) in [7, 11) is 0. The predicted octanol–water partition coefficient (Wildman–Crippen LogP) is 3.89. The normalized spacial score (nSPS) is 10.8. The molecule has 0 radical (unpaired) electrons. The van der Waals surface area contributed by atoms with Crippen molar-refractivity contribution in [3.63, 3.8) is 0 Å². The molecule has 0 aliphatic heterocycles. The number of hydrogen-bond acceptors (Lipinski definition) is 7. The molecule has 4 rings (SSSR count). The van der Waals surface area contributed by atoms with Crippen molar-refractivity contribution in [3.05, 3.63) is 66.1 Å². The fourth-order valence-electron chi connectivity index (χ4n) is 2.90. The van der Waals surface area contributed by atoms with Gasteiger partial charge in [0, 0.05) is 23.3 Å². The smallest absolute Gasteiger partial charge is 0.258 e. The molecule has 4 aromatic rings. The minimum Gasteiger partial charge on any atom is -0.369 e. The summed E-state index contributed by atoms with van der Waals surface area (Å²) in [5.41, 5.74) is 8.76. The third-order valence-corrected chi connectivity index (χ3v) is 6.71. The van der Waals surface area contributed by atoms with E-state index in [0.717, 1.165) is 26.4 Å². The SMILES string of the molecule is Cc1nc(NC(=O)c2cc(-c3ccncc3)nc3ccccc23)sc1SCC(N)=O. The number of rotatable bonds is 6. The van der Waals surface area contributed by atoms with Gasteiger partial charge in [0.05, 0.1) is 32.4 Å². The number of nitrogens with zero attached hydrogens (tertiary/aromatic N) is 3. The number of fused-ring (bicyclic) bond motifs is 1. The van der Waals surface area contributed by atoms with Crippen molar-refractivity contribution in [1.29, 1.82) is 0 Å². The Balaban J connectivity index is 1.68. The summed E-state index contributed by atoms with van der Waals surface area (Å²) >= 11 is 2.63. The molecule has 0 fully saturated rings. The minimum absolute atomic E-state index is 0.167. The third-order valence-electron chi connectivity index (χ3n) is 4.26. The number of aryl methyl sites for hydroxylation is 1. The van der Waals surface area contributed by atoms with Crippen LogP contribution in [-0.2, 0) is 4.79 Å². The Hall–Kier alpha value is -3.30. The number of primary amides is 1. The number of carbonyl (C=O) groups is 2. The molecule has 30 heavy (non-hydrogen) atoms. The van der Waals surface area contributed by atoms with Crippen LogP contribution in [0.5, 0.6) is 0 Å². The van der Waals surface area contributed by atoms with Gasteiger partial charge in [-0.2, -0.15) is 0 Å². The van der Waals surface area contributed by atoms with Gasteiger partial charge in [-0.3, -0.25) is 19.9 Å². The van der Waals surface area contributed by atoms with Gasteiger partial charge in [-0.05, 0) is 31.2 Å². The molecule has 0 spiro atoms. The van der Waals surface area contributed by atoms with Crippen molar-refractivity contribution in [1.82, 2.24) is 15.0 Å². The van der Waals surface area contributed by atoms with Crippen molar-refractivity contribution < 1.29 is 9.59 Å².